The Labute approximate surface area is 278 Å². The van der Waals surface area contributed by atoms with Gasteiger partial charge in [0, 0.05) is 39.7 Å². The van der Waals surface area contributed by atoms with Gasteiger partial charge in [-0.1, -0.05) is 56.7 Å². The van der Waals surface area contributed by atoms with Crippen molar-refractivity contribution in [2.45, 2.75) is 95.1 Å². The molecule has 10 heteroatoms. The highest BCUT2D eigenvalue weighted by Crippen LogP contribution is 2.46. The Kier molecular flexibility index (Phi) is 8.61. The van der Waals surface area contributed by atoms with E-state index in [4.69, 9.17) is 15.8 Å². The number of amides is 2. The van der Waals surface area contributed by atoms with Crippen LogP contribution in [0.4, 0.5) is 10.8 Å². The molecule has 9 nitrogen and oxygen atoms in total. The van der Waals surface area contributed by atoms with E-state index < -0.39 is 11.5 Å². The Morgan fingerprint density at radius 2 is 1.72 bits per heavy atom. The van der Waals surface area contributed by atoms with Gasteiger partial charge >= 0.3 is 5.97 Å². The molecule has 4 aromatic rings. The van der Waals surface area contributed by atoms with Gasteiger partial charge in [0.2, 0.25) is 5.91 Å². The number of nitrogens with zero attached hydrogens (tertiary/aromatic N) is 2. The van der Waals surface area contributed by atoms with Crippen LogP contribution in [0.25, 0.3) is 28.4 Å². The molecule has 0 saturated heterocycles. The van der Waals surface area contributed by atoms with Gasteiger partial charge in [0.15, 0.2) is 5.13 Å². The number of aliphatic carboxylic acids is 1. The summed E-state index contributed by atoms with van der Waals surface area (Å²) < 4.78 is 2.38. The molecule has 3 aliphatic rings. The van der Waals surface area contributed by atoms with Crippen molar-refractivity contribution in [3.63, 3.8) is 0 Å². The second-order valence-electron chi connectivity index (χ2n) is 13.3. The minimum Gasteiger partial charge on any atom is -0.478 e. The Bertz CT molecular complexity index is 1860. The van der Waals surface area contributed by atoms with E-state index in [2.05, 4.69) is 21.3 Å². The summed E-state index contributed by atoms with van der Waals surface area (Å²) in [5, 5.41) is 16.8. The number of nitrogens with two attached hydrogens (primary N) is 1. The van der Waals surface area contributed by atoms with Gasteiger partial charge in [-0.15, -0.1) is 11.3 Å². The molecule has 5 N–H and O–H groups in total. The number of nitrogen functional groups attached to an aromatic ring is 1. The van der Waals surface area contributed by atoms with Crippen LogP contribution in [0.2, 0.25) is 0 Å². The lowest BCUT2D eigenvalue weighted by atomic mass is 9.88. The Morgan fingerprint density at radius 3 is 2.45 bits per heavy atom. The molecule has 2 amide bonds. The molecule has 2 saturated carbocycles. The molecular formula is C37H41N5O4S. The molecule has 0 radical (unpaired) electrons. The smallest absolute Gasteiger partial charge is 0.328 e. The number of carboxylic acids is 1. The minimum atomic E-state index is -1.02. The zero-order valence-electron chi connectivity index (χ0n) is 26.5. The van der Waals surface area contributed by atoms with Crippen LogP contribution in [-0.4, -0.2) is 38.0 Å². The summed E-state index contributed by atoms with van der Waals surface area (Å²) in [5.74, 6) is -1.07. The highest BCUT2D eigenvalue weighted by molar-refractivity contribution is 7.15. The van der Waals surface area contributed by atoms with Crippen LogP contribution in [0.15, 0.2) is 48.5 Å². The molecule has 2 fully saturated rings. The number of hydrogen-bond acceptors (Lipinski definition) is 6. The SMILES string of the molecule is Nc1nc2c(s1)CCCn1c-2c(C2CCCCCC2)c2ccc(C(=O)NC3(C(=O)Nc4ccc(/C=C/C(=O)O)cc4)CCCC3)cc21. The molecular weight excluding hydrogens is 611 g/mol. The number of carbonyl (C=O) groups excluding carboxylic acids is 2. The van der Waals surface area contributed by atoms with Gasteiger partial charge in [-0.2, -0.15) is 0 Å². The predicted molar refractivity (Wildman–Crippen MR) is 187 cm³/mol. The number of benzene rings is 2. The molecule has 7 rings (SSSR count). The molecule has 0 spiro atoms. The number of carboxylic acid groups (broad SMARTS) is 1. The maximum atomic E-state index is 14.0. The predicted octanol–water partition coefficient (Wildman–Crippen LogP) is 7.51. The molecule has 3 heterocycles. The van der Waals surface area contributed by atoms with Crippen LogP contribution in [0.1, 0.15) is 103 Å². The van der Waals surface area contributed by atoms with E-state index in [1.807, 2.05) is 12.1 Å². The first-order valence-corrected chi connectivity index (χ1v) is 17.7. The molecule has 2 aliphatic carbocycles. The topological polar surface area (TPSA) is 139 Å². The number of aromatic nitrogens is 2. The van der Waals surface area contributed by atoms with Crippen LogP contribution >= 0.6 is 11.3 Å². The van der Waals surface area contributed by atoms with Crippen molar-refractivity contribution >= 4 is 56.9 Å². The van der Waals surface area contributed by atoms with Crippen LogP contribution in [0.5, 0.6) is 0 Å². The lowest BCUT2D eigenvalue weighted by Crippen LogP contribution is -2.55. The normalized spacial score (nSPS) is 18.0. The van der Waals surface area contributed by atoms with Gasteiger partial charge in [-0.05, 0) is 85.9 Å². The summed E-state index contributed by atoms with van der Waals surface area (Å²) in [6, 6.07) is 13.0. The van der Waals surface area contributed by atoms with Crippen molar-refractivity contribution in [3.8, 4) is 11.4 Å². The van der Waals surface area contributed by atoms with Gasteiger partial charge in [0.05, 0.1) is 5.69 Å². The molecule has 1 aliphatic heterocycles. The van der Waals surface area contributed by atoms with Gasteiger partial charge in [-0.3, -0.25) is 9.59 Å². The van der Waals surface area contributed by atoms with E-state index in [1.165, 1.54) is 53.3 Å². The van der Waals surface area contributed by atoms with Crippen molar-refractivity contribution in [3.05, 3.63) is 70.1 Å². The number of fused-ring (bicyclic) bond motifs is 5. The van der Waals surface area contributed by atoms with E-state index in [1.54, 1.807) is 35.6 Å². The fraction of sp³-hybridized carbons (Fsp3) is 0.405. The Balaban J connectivity index is 1.20. The second kappa shape index (κ2) is 13.0. The highest BCUT2D eigenvalue weighted by atomic mass is 32.1. The number of nitrogens with one attached hydrogen (secondary N) is 2. The largest absolute Gasteiger partial charge is 0.478 e. The maximum Gasteiger partial charge on any atom is 0.328 e. The molecule has 2 aromatic heterocycles. The quantitative estimate of drug-likeness (QED) is 0.120. The Morgan fingerprint density at radius 1 is 0.979 bits per heavy atom. The highest BCUT2D eigenvalue weighted by Gasteiger charge is 2.43. The molecule has 2 aromatic carbocycles. The lowest BCUT2D eigenvalue weighted by molar-refractivity contribution is -0.131. The van der Waals surface area contributed by atoms with Crippen molar-refractivity contribution in [1.29, 1.82) is 0 Å². The molecule has 0 bridgehead atoms. The molecule has 0 unspecified atom stereocenters. The van der Waals surface area contributed by atoms with E-state index >= 15 is 0 Å². The first kappa shape index (κ1) is 31.2. The maximum absolute atomic E-state index is 14.0. The molecule has 47 heavy (non-hydrogen) atoms. The first-order valence-electron chi connectivity index (χ1n) is 16.9. The van der Waals surface area contributed by atoms with Crippen LogP contribution in [0.3, 0.4) is 0 Å². The van der Waals surface area contributed by atoms with E-state index in [-0.39, 0.29) is 11.8 Å². The van der Waals surface area contributed by atoms with Crippen molar-refractivity contribution in [2.75, 3.05) is 11.1 Å². The molecule has 244 valence electrons. The third kappa shape index (κ3) is 6.18. The van der Waals surface area contributed by atoms with Gasteiger partial charge < -0.3 is 26.0 Å². The average molecular weight is 652 g/mol. The zero-order chi connectivity index (χ0) is 32.5. The summed E-state index contributed by atoms with van der Waals surface area (Å²) in [6.07, 6.45) is 14.6. The lowest BCUT2D eigenvalue weighted by Gasteiger charge is -2.29. The molecule has 0 atom stereocenters. The number of carbonyl (C=O) groups is 3. The third-order valence-electron chi connectivity index (χ3n) is 10.2. The van der Waals surface area contributed by atoms with Crippen molar-refractivity contribution < 1.29 is 19.5 Å². The fourth-order valence-electron chi connectivity index (χ4n) is 7.88. The monoisotopic (exact) mass is 651 g/mol. The minimum absolute atomic E-state index is 0.237. The van der Waals surface area contributed by atoms with Gasteiger partial charge in [0.1, 0.15) is 11.2 Å². The van der Waals surface area contributed by atoms with E-state index in [9.17, 15) is 14.4 Å². The second-order valence-corrected chi connectivity index (χ2v) is 14.4. The summed E-state index contributed by atoms with van der Waals surface area (Å²) in [7, 11) is 0. The van der Waals surface area contributed by atoms with Crippen LogP contribution < -0.4 is 16.4 Å². The van der Waals surface area contributed by atoms with Crippen molar-refractivity contribution in [2.24, 2.45) is 0 Å². The van der Waals surface area contributed by atoms with Crippen molar-refractivity contribution in [1.82, 2.24) is 14.9 Å². The number of aryl methyl sites for hydroxylation is 2. The Hall–Kier alpha value is -4.44. The average Bonchev–Trinajstić information content (AvgIpc) is 3.66. The van der Waals surface area contributed by atoms with E-state index in [0.717, 1.165) is 62.4 Å². The third-order valence-corrected chi connectivity index (χ3v) is 11.1. The standard InChI is InChI=1S/C37H41N5O4S/c38-36-40-32-29(47-36)10-7-21-42-28-22-25(14-17-27(28)31(33(32)42)24-8-3-1-2-4-9-24)34(45)41-37(19-5-6-20-37)35(46)39-26-15-11-23(12-16-26)13-18-30(43)44/h11-18,22,24H,1-10,19-21H2,(H2,38,40)(H,39,46)(H,41,45)(H,43,44)/b18-13+. The number of anilines is 2. The summed E-state index contributed by atoms with van der Waals surface area (Å²) in [4.78, 5) is 44.7. The van der Waals surface area contributed by atoms with Gasteiger partial charge in [0.25, 0.3) is 5.91 Å². The summed E-state index contributed by atoms with van der Waals surface area (Å²) in [6.45, 7) is 0.851. The summed E-state index contributed by atoms with van der Waals surface area (Å²) >= 11 is 1.60. The number of thiazole rings is 1. The van der Waals surface area contributed by atoms with E-state index in [0.29, 0.717) is 40.7 Å². The first-order chi connectivity index (χ1) is 22.8. The zero-order valence-corrected chi connectivity index (χ0v) is 27.3. The fourth-order valence-corrected chi connectivity index (χ4v) is 8.76. The van der Waals surface area contributed by atoms with Gasteiger partial charge in [-0.25, -0.2) is 9.78 Å². The van der Waals surface area contributed by atoms with Crippen LogP contribution in [0, 0.1) is 0 Å². The van der Waals surface area contributed by atoms with Crippen LogP contribution in [-0.2, 0) is 22.6 Å². The number of rotatable bonds is 7. The summed E-state index contributed by atoms with van der Waals surface area (Å²) in [5.41, 5.74) is 11.7. The number of hydrogen-bond donors (Lipinski definition) is 4.